The first kappa shape index (κ1) is 10.9. The summed E-state index contributed by atoms with van der Waals surface area (Å²) in [5.41, 5.74) is 10.2. The van der Waals surface area contributed by atoms with Gasteiger partial charge in [0.05, 0.1) is 5.71 Å². The van der Waals surface area contributed by atoms with Gasteiger partial charge >= 0.3 is 6.03 Å². The fourth-order valence-electron chi connectivity index (χ4n) is 2.29. The minimum absolute atomic E-state index is 0.528. The monoisotopic (exact) mass is 247 g/mol. The van der Waals surface area contributed by atoms with Crippen molar-refractivity contribution in [2.24, 2.45) is 10.8 Å². The van der Waals surface area contributed by atoms with Crippen molar-refractivity contribution in [3.63, 3.8) is 0 Å². The third-order valence-corrected chi connectivity index (χ3v) is 3.02. The number of nitrogens with one attached hydrogen (secondary N) is 1. The van der Waals surface area contributed by atoms with Gasteiger partial charge in [-0.15, -0.1) is 0 Å². The third-order valence-electron chi connectivity index (χ3n) is 3.02. The Morgan fingerprint density at radius 1 is 1.28 bits per heavy atom. The highest BCUT2D eigenvalue weighted by atomic mass is 16.6. The van der Waals surface area contributed by atoms with Crippen LogP contribution in [0.3, 0.4) is 0 Å². The lowest BCUT2D eigenvalue weighted by molar-refractivity contribution is 0.171. The van der Waals surface area contributed by atoms with E-state index >= 15 is 0 Å². The molecule has 0 atom stereocenters. The number of ether oxygens (including phenoxy) is 2. The van der Waals surface area contributed by atoms with E-state index in [1.165, 1.54) is 0 Å². The van der Waals surface area contributed by atoms with E-state index in [-0.39, 0.29) is 0 Å². The van der Waals surface area contributed by atoms with Crippen molar-refractivity contribution >= 4 is 11.7 Å². The molecule has 0 spiro atoms. The first-order chi connectivity index (χ1) is 8.75. The smallest absolute Gasteiger partial charge is 0.332 e. The van der Waals surface area contributed by atoms with E-state index in [4.69, 9.17) is 15.2 Å². The van der Waals surface area contributed by atoms with E-state index in [2.05, 4.69) is 10.5 Å². The van der Waals surface area contributed by atoms with E-state index in [0.717, 1.165) is 41.2 Å². The lowest BCUT2D eigenvalue weighted by Gasteiger charge is -2.21. The Bertz CT molecular complexity index is 540. The van der Waals surface area contributed by atoms with Gasteiger partial charge < -0.3 is 15.2 Å². The molecule has 0 saturated heterocycles. The Kier molecular flexibility index (Phi) is 2.55. The van der Waals surface area contributed by atoms with Crippen LogP contribution in [0.4, 0.5) is 4.79 Å². The molecule has 3 rings (SSSR count). The van der Waals surface area contributed by atoms with Crippen LogP contribution in [0.15, 0.2) is 17.2 Å². The molecule has 6 nitrogen and oxygen atoms in total. The number of amides is 2. The number of hydrogen-bond acceptors (Lipinski definition) is 4. The predicted octanol–water partition coefficient (Wildman–Crippen LogP) is 0.776. The molecule has 0 fully saturated rings. The summed E-state index contributed by atoms with van der Waals surface area (Å²) >= 11 is 0. The normalized spacial score (nSPS) is 18.6. The molecule has 3 N–H and O–H groups in total. The summed E-state index contributed by atoms with van der Waals surface area (Å²) in [7, 11) is 0. The Balaban J connectivity index is 2.03. The molecule has 1 aromatic rings. The lowest BCUT2D eigenvalue weighted by atomic mass is 10.1. The number of hydrazone groups is 1. The molecule has 0 unspecified atom stereocenters. The maximum absolute atomic E-state index is 10.7. The number of nitrogens with two attached hydrogens (primary N) is 1. The highest BCUT2D eigenvalue weighted by Crippen LogP contribution is 2.40. The zero-order valence-electron chi connectivity index (χ0n) is 9.73. The molecule has 0 aromatic heterocycles. The second kappa shape index (κ2) is 4.21. The van der Waals surface area contributed by atoms with Crippen LogP contribution in [0.1, 0.15) is 17.5 Å². The molecule has 0 radical (unpaired) electrons. The van der Waals surface area contributed by atoms with Gasteiger partial charge in [-0.05, 0) is 24.5 Å². The number of nitrogens with zero attached hydrogens (tertiary/aromatic N) is 1. The molecule has 1 aliphatic carbocycles. The fraction of sp³-hybridized carbons (Fsp3) is 0.333. The third kappa shape index (κ3) is 1.75. The molecule has 6 heteroatoms. The minimum atomic E-state index is -0.669. The maximum atomic E-state index is 10.7. The number of benzene rings is 1. The first-order valence-electron chi connectivity index (χ1n) is 5.79. The van der Waals surface area contributed by atoms with Crippen LogP contribution in [0.2, 0.25) is 0 Å². The summed E-state index contributed by atoms with van der Waals surface area (Å²) in [4.78, 5) is 10.7. The van der Waals surface area contributed by atoms with Gasteiger partial charge in [0.25, 0.3) is 0 Å². The number of rotatable bonds is 1. The molecule has 1 aromatic carbocycles. The molecule has 1 aliphatic heterocycles. The summed E-state index contributed by atoms with van der Waals surface area (Å²) in [5, 5.41) is 4.03. The van der Waals surface area contributed by atoms with E-state index < -0.39 is 6.03 Å². The molecular weight excluding hydrogens is 234 g/mol. The Labute approximate surface area is 104 Å². The zero-order chi connectivity index (χ0) is 12.5. The van der Waals surface area contributed by atoms with Gasteiger partial charge in [-0.1, -0.05) is 6.07 Å². The predicted molar refractivity (Wildman–Crippen MR) is 65.0 cm³/mol. The summed E-state index contributed by atoms with van der Waals surface area (Å²) < 4.78 is 11.2. The molecule has 1 heterocycles. The van der Waals surface area contributed by atoms with E-state index in [1.54, 1.807) is 0 Å². The first-order valence-corrected chi connectivity index (χ1v) is 5.79. The van der Waals surface area contributed by atoms with Gasteiger partial charge in [0.1, 0.15) is 13.2 Å². The second-order valence-corrected chi connectivity index (χ2v) is 4.16. The van der Waals surface area contributed by atoms with Crippen LogP contribution in [0.25, 0.3) is 0 Å². The van der Waals surface area contributed by atoms with E-state index in [9.17, 15) is 4.79 Å². The van der Waals surface area contributed by atoms with Gasteiger partial charge in [0.15, 0.2) is 11.5 Å². The van der Waals surface area contributed by atoms with Gasteiger partial charge in [-0.3, -0.25) is 0 Å². The van der Waals surface area contributed by atoms with E-state index in [0.29, 0.717) is 13.2 Å². The fourth-order valence-corrected chi connectivity index (χ4v) is 2.29. The Morgan fingerprint density at radius 2 is 2.11 bits per heavy atom. The molecule has 18 heavy (non-hydrogen) atoms. The highest BCUT2D eigenvalue weighted by molar-refractivity contribution is 6.07. The topological polar surface area (TPSA) is 85.9 Å². The quantitative estimate of drug-likeness (QED) is 0.719. The lowest BCUT2D eigenvalue weighted by Crippen LogP contribution is -2.26. The van der Waals surface area contributed by atoms with Crippen molar-refractivity contribution in [2.45, 2.75) is 12.8 Å². The summed E-state index contributed by atoms with van der Waals surface area (Å²) in [6.07, 6.45) is 1.64. The van der Waals surface area contributed by atoms with Crippen LogP contribution >= 0.6 is 0 Å². The average molecular weight is 247 g/mol. The van der Waals surface area contributed by atoms with Crippen LogP contribution in [-0.2, 0) is 6.42 Å². The summed E-state index contributed by atoms with van der Waals surface area (Å²) in [6, 6.07) is 3.26. The van der Waals surface area contributed by atoms with E-state index in [1.807, 2.05) is 12.1 Å². The molecule has 94 valence electrons. The highest BCUT2D eigenvalue weighted by Gasteiger charge is 2.27. The summed E-state index contributed by atoms with van der Waals surface area (Å²) in [5.74, 6) is 1.45. The van der Waals surface area contributed by atoms with Gasteiger partial charge in [-0.25, -0.2) is 10.2 Å². The van der Waals surface area contributed by atoms with Crippen molar-refractivity contribution in [3.05, 3.63) is 23.3 Å². The van der Waals surface area contributed by atoms with Gasteiger partial charge in [0.2, 0.25) is 0 Å². The minimum Gasteiger partial charge on any atom is -0.486 e. The van der Waals surface area contributed by atoms with Crippen LogP contribution in [-0.4, -0.2) is 25.0 Å². The number of fused-ring (bicyclic) bond motifs is 3. The number of urea groups is 1. The van der Waals surface area contributed by atoms with Crippen molar-refractivity contribution in [3.8, 4) is 11.5 Å². The largest absolute Gasteiger partial charge is 0.486 e. The van der Waals surface area contributed by atoms with Crippen LogP contribution < -0.4 is 20.6 Å². The second-order valence-electron chi connectivity index (χ2n) is 4.16. The van der Waals surface area contributed by atoms with Crippen molar-refractivity contribution in [2.75, 3.05) is 13.2 Å². The number of carbonyl (C=O) groups is 1. The molecular formula is C12H13N3O3. The van der Waals surface area contributed by atoms with Crippen molar-refractivity contribution in [1.29, 1.82) is 0 Å². The number of primary amides is 1. The molecule has 2 aliphatic rings. The van der Waals surface area contributed by atoms with Crippen molar-refractivity contribution < 1.29 is 14.3 Å². The zero-order valence-corrected chi connectivity index (χ0v) is 9.73. The summed E-state index contributed by atoms with van der Waals surface area (Å²) in [6.45, 7) is 1.08. The molecule has 0 saturated carbocycles. The molecule has 0 bridgehead atoms. The standard InChI is InChI=1S/C12H13N3O3/c13-12(16)15-14-8-3-1-7-2-4-9-11(10(7)8)18-6-5-17-9/h2,4H,1,3,5-6H2,(H3,13,15,16). The molecule has 2 amide bonds. The average Bonchev–Trinajstić information content (AvgIpc) is 2.80. The number of hydrogen-bond donors (Lipinski definition) is 2. The maximum Gasteiger partial charge on any atom is 0.332 e. The Hall–Kier alpha value is -2.24. The van der Waals surface area contributed by atoms with Gasteiger partial charge in [0, 0.05) is 5.56 Å². The Morgan fingerprint density at radius 3 is 2.94 bits per heavy atom. The van der Waals surface area contributed by atoms with Crippen LogP contribution in [0.5, 0.6) is 11.5 Å². The van der Waals surface area contributed by atoms with Gasteiger partial charge in [-0.2, -0.15) is 5.10 Å². The number of carbonyl (C=O) groups excluding carboxylic acids is 1. The number of aryl methyl sites for hydroxylation is 1. The van der Waals surface area contributed by atoms with Crippen LogP contribution in [0, 0.1) is 0 Å². The van der Waals surface area contributed by atoms with Crippen molar-refractivity contribution in [1.82, 2.24) is 5.43 Å². The SMILES string of the molecule is NC(=O)NN=C1CCc2ccc3c(c21)OCCO3.